The molecule has 2 fully saturated rings. The van der Waals surface area contributed by atoms with Gasteiger partial charge in [-0.05, 0) is 70.6 Å². The molecule has 25 heavy (non-hydrogen) atoms. The van der Waals surface area contributed by atoms with Crippen molar-refractivity contribution in [1.82, 2.24) is 9.80 Å². The standard InChI is InChI=1S/C20H29N3O2/c1-14-7-3-5-9-22(14)19(24)16-11-17(13-18(21)12-16)20(25)23-10-6-4-8-15(23)2/h11-15H,3-10,21H2,1-2H3/t14-,15-/m0/s1. The number of nitrogens with two attached hydrogens (primary N) is 1. The highest BCUT2D eigenvalue weighted by Gasteiger charge is 2.27. The van der Waals surface area contributed by atoms with Gasteiger partial charge in [0.1, 0.15) is 0 Å². The Kier molecular flexibility index (Phi) is 5.30. The number of anilines is 1. The van der Waals surface area contributed by atoms with Crippen LogP contribution in [0.15, 0.2) is 18.2 Å². The van der Waals surface area contributed by atoms with Gasteiger partial charge in [-0.25, -0.2) is 0 Å². The van der Waals surface area contributed by atoms with Crippen LogP contribution in [0, 0.1) is 0 Å². The van der Waals surface area contributed by atoms with Gasteiger partial charge in [0.25, 0.3) is 11.8 Å². The molecule has 1 aromatic carbocycles. The molecule has 2 atom stereocenters. The summed E-state index contributed by atoms with van der Waals surface area (Å²) in [4.78, 5) is 29.7. The maximum Gasteiger partial charge on any atom is 0.254 e. The molecule has 2 aliphatic rings. The topological polar surface area (TPSA) is 66.6 Å². The maximum absolute atomic E-state index is 12.9. The first-order valence-electron chi connectivity index (χ1n) is 9.50. The number of likely N-dealkylation sites (tertiary alicyclic amines) is 2. The van der Waals surface area contributed by atoms with Crippen molar-refractivity contribution in [3.63, 3.8) is 0 Å². The SMILES string of the molecule is C[C@H]1CCCCN1C(=O)c1cc(N)cc(C(=O)N2CCCC[C@@H]2C)c1. The Morgan fingerprint density at radius 3 is 1.68 bits per heavy atom. The van der Waals surface area contributed by atoms with Crippen LogP contribution in [-0.4, -0.2) is 46.8 Å². The Bertz CT molecular complexity index is 606. The average molecular weight is 343 g/mol. The normalized spacial score (nSPS) is 24.2. The fourth-order valence-corrected chi connectivity index (χ4v) is 4.03. The number of carbonyl (C=O) groups is 2. The van der Waals surface area contributed by atoms with Gasteiger partial charge in [0.05, 0.1) is 0 Å². The van der Waals surface area contributed by atoms with E-state index in [1.807, 2.05) is 9.80 Å². The Morgan fingerprint density at radius 1 is 0.840 bits per heavy atom. The summed E-state index contributed by atoms with van der Waals surface area (Å²) in [6, 6.07) is 5.59. The summed E-state index contributed by atoms with van der Waals surface area (Å²) >= 11 is 0. The summed E-state index contributed by atoms with van der Waals surface area (Å²) in [6.45, 7) is 5.73. The largest absolute Gasteiger partial charge is 0.399 e. The van der Waals surface area contributed by atoms with Crippen LogP contribution in [0.4, 0.5) is 5.69 Å². The molecule has 2 amide bonds. The summed E-state index contributed by atoms with van der Waals surface area (Å²) in [5.41, 5.74) is 7.56. The van der Waals surface area contributed by atoms with E-state index in [9.17, 15) is 9.59 Å². The second-order valence-corrected chi connectivity index (χ2v) is 7.53. The van der Waals surface area contributed by atoms with Crippen molar-refractivity contribution in [3.05, 3.63) is 29.3 Å². The van der Waals surface area contributed by atoms with Gasteiger partial charge in [0, 0.05) is 42.0 Å². The molecule has 5 heteroatoms. The lowest BCUT2D eigenvalue weighted by atomic mass is 9.99. The fourth-order valence-electron chi connectivity index (χ4n) is 4.03. The van der Waals surface area contributed by atoms with Gasteiger partial charge in [-0.1, -0.05) is 0 Å². The first-order chi connectivity index (χ1) is 12.0. The molecule has 2 heterocycles. The summed E-state index contributed by atoms with van der Waals surface area (Å²) < 4.78 is 0. The molecule has 0 unspecified atom stereocenters. The minimum atomic E-state index is -0.0137. The molecular formula is C20H29N3O2. The van der Waals surface area contributed by atoms with E-state index in [0.717, 1.165) is 38.8 Å². The lowest BCUT2D eigenvalue weighted by Gasteiger charge is -2.34. The smallest absolute Gasteiger partial charge is 0.254 e. The molecule has 3 rings (SSSR count). The molecule has 0 aromatic heterocycles. The van der Waals surface area contributed by atoms with Crippen molar-refractivity contribution in [1.29, 1.82) is 0 Å². The van der Waals surface area contributed by atoms with E-state index in [2.05, 4.69) is 13.8 Å². The van der Waals surface area contributed by atoms with Crippen LogP contribution < -0.4 is 5.73 Å². The molecule has 0 radical (unpaired) electrons. The molecular weight excluding hydrogens is 314 g/mol. The van der Waals surface area contributed by atoms with Crippen molar-refractivity contribution in [2.45, 2.75) is 64.5 Å². The third-order valence-corrected chi connectivity index (χ3v) is 5.58. The van der Waals surface area contributed by atoms with Gasteiger partial charge in [-0.2, -0.15) is 0 Å². The van der Waals surface area contributed by atoms with Gasteiger partial charge in [-0.3, -0.25) is 9.59 Å². The second kappa shape index (κ2) is 7.46. The van der Waals surface area contributed by atoms with E-state index in [1.54, 1.807) is 18.2 Å². The first-order valence-corrected chi connectivity index (χ1v) is 9.50. The van der Waals surface area contributed by atoms with Crippen molar-refractivity contribution < 1.29 is 9.59 Å². The van der Waals surface area contributed by atoms with Crippen molar-refractivity contribution in [3.8, 4) is 0 Å². The van der Waals surface area contributed by atoms with Crippen LogP contribution in [-0.2, 0) is 0 Å². The van der Waals surface area contributed by atoms with Crippen LogP contribution in [0.25, 0.3) is 0 Å². The van der Waals surface area contributed by atoms with E-state index in [0.29, 0.717) is 16.8 Å². The zero-order chi connectivity index (χ0) is 18.0. The Morgan fingerprint density at radius 2 is 1.28 bits per heavy atom. The van der Waals surface area contributed by atoms with Gasteiger partial charge in [-0.15, -0.1) is 0 Å². The van der Waals surface area contributed by atoms with Crippen LogP contribution in [0.3, 0.4) is 0 Å². The van der Waals surface area contributed by atoms with Crippen LogP contribution >= 0.6 is 0 Å². The Hall–Kier alpha value is -2.04. The molecule has 136 valence electrons. The number of benzene rings is 1. The number of piperidine rings is 2. The summed E-state index contributed by atoms with van der Waals surface area (Å²) in [5.74, 6) is -0.0273. The number of rotatable bonds is 2. The van der Waals surface area contributed by atoms with E-state index in [-0.39, 0.29) is 23.9 Å². The predicted octanol–water partition coefficient (Wildman–Crippen LogP) is 3.30. The fraction of sp³-hybridized carbons (Fsp3) is 0.600. The third-order valence-electron chi connectivity index (χ3n) is 5.58. The third kappa shape index (κ3) is 3.80. The minimum absolute atomic E-state index is 0.0137. The first kappa shape index (κ1) is 17.8. The van der Waals surface area contributed by atoms with Crippen LogP contribution in [0.2, 0.25) is 0 Å². The molecule has 0 bridgehead atoms. The molecule has 0 spiro atoms. The minimum Gasteiger partial charge on any atom is -0.399 e. The quantitative estimate of drug-likeness (QED) is 0.838. The number of nitrogens with zero attached hydrogens (tertiary/aromatic N) is 2. The number of hydrogen-bond donors (Lipinski definition) is 1. The highest BCUT2D eigenvalue weighted by molar-refractivity contribution is 6.01. The number of hydrogen-bond acceptors (Lipinski definition) is 3. The summed E-state index contributed by atoms with van der Waals surface area (Å²) in [7, 11) is 0. The Balaban J connectivity index is 1.85. The molecule has 2 saturated heterocycles. The van der Waals surface area contributed by atoms with Gasteiger partial charge in [0.2, 0.25) is 0 Å². The highest BCUT2D eigenvalue weighted by Crippen LogP contribution is 2.24. The molecule has 1 aromatic rings. The van der Waals surface area contributed by atoms with E-state index < -0.39 is 0 Å². The highest BCUT2D eigenvalue weighted by atomic mass is 16.2. The lowest BCUT2D eigenvalue weighted by molar-refractivity contribution is 0.0634. The second-order valence-electron chi connectivity index (χ2n) is 7.53. The molecule has 2 aliphatic heterocycles. The number of nitrogen functional groups attached to an aromatic ring is 1. The van der Waals surface area contributed by atoms with Gasteiger partial charge >= 0.3 is 0 Å². The van der Waals surface area contributed by atoms with Crippen molar-refractivity contribution >= 4 is 17.5 Å². The number of carbonyl (C=O) groups excluding carboxylic acids is 2. The van der Waals surface area contributed by atoms with Crippen LogP contribution in [0.5, 0.6) is 0 Å². The number of amides is 2. The molecule has 5 nitrogen and oxygen atoms in total. The monoisotopic (exact) mass is 343 g/mol. The van der Waals surface area contributed by atoms with E-state index >= 15 is 0 Å². The van der Waals surface area contributed by atoms with Crippen LogP contribution in [0.1, 0.15) is 73.1 Å². The predicted molar refractivity (Wildman–Crippen MR) is 99.6 cm³/mol. The molecule has 0 aliphatic carbocycles. The zero-order valence-electron chi connectivity index (χ0n) is 15.3. The molecule has 0 saturated carbocycles. The zero-order valence-corrected chi connectivity index (χ0v) is 15.3. The van der Waals surface area contributed by atoms with Gasteiger partial charge < -0.3 is 15.5 Å². The van der Waals surface area contributed by atoms with E-state index in [4.69, 9.17) is 5.73 Å². The summed E-state index contributed by atoms with van der Waals surface area (Å²) in [6.07, 6.45) is 6.47. The summed E-state index contributed by atoms with van der Waals surface area (Å²) in [5, 5.41) is 0. The van der Waals surface area contributed by atoms with E-state index in [1.165, 1.54) is 12.8 Å². The Labute approximate surface area is 150 Å². The molecule has 2 N–H and O–H groups in total. The van der Waals surface area contributed by atoms with Gasteiger partial charge in [0.15, 0.2) is 0 Å². The van der Waals surface area contributed by atoms with Crippen molar-refractivity contribution in [2.75, 3.05) is 18.8 Å². The lowest BCUT2D eigenvalue weighted by Crippen LogP contribution is -2.43. The van der Waals surface area contributed by atoms with Crippen molar-refractivity contribution in [2.24, 2.45) is 0 Å². The maximum atomic E-state index is 12.9. The average Bonchev–Trinajstić information content (AvgIpc) is 2.61.